The predicted molar refractivity (Wildman–Crippen MR) is 152 cm³/mol. The molecular formula is C27H20Br2ClN3O5. The smallest absolute Gasteiger partial charge is 0.335 e. The van der Waals surface area contributed by atoms with E-state index in [1.807, 2.05) is 32.0 Å². The monoisotopic (exact) mass is 659 g/mol. The van der Waals surface area contributed by atoms with Gasteiger partial charge in [0.05, 0.1) is 14.6 Å². The van der Waals surface area contributed by atoms with Crippen molar-refractivity contribution in [2.24, 2.45) is 0 Å². The molecular weight excluding hydrogens is 642 g/mol. The second-order valence-electron chi connectivity index (χ2n) is 8.40. The number of imide groups is 2. The number of nitrogens with one attached hydrogen (secondary N) is 2. The van der Waals surface area contributed by atoms with E-state index in [1.165, 1.54) is 30.3 Å². The van der Waals surface area contributed by atoms with Crippen molar-refractivity contribution in [2.75, 3.05) is 16.8 Å². The second-order valence-corrected chi connectivity index (χ2v) is 10.5. The molecule has 5 amide bonds. The highest BCUT2D eigenvalue weighted by Gasteiger charge is 2.36. The van der Waals surface area contributed by atoms with Gasteiger partial charge in [0.15, 0.2) is 6.61 Å². The van der Waals surface area contributed by atoms with Crippen molar-refractivity contribution >= 4 is 84.7 Å². The third kappa shape index (κ3) is 6.15. The number of amides is 5. The second kappa shape index (κ2) is 11.5. The van der Waals surface area contributed by atoms with Crippen LogP contribution in [0.4, 0.5) is 16.2 Å². The molecule has 0 saturated carbocycles. The molecule has 1 aliphatic heterocycles. The maximum absolute atomic E-state index is 13.1. The number of urea groups is 1. The van der Waals surface area contributed by atoms with Crippen LogP contribution in [0.2, 0.25) is 5.02 Å². The first-order chi connectivity index (χ1) is 18.0. The summed E-state index contributed by atoms with van der Waals surface area (Å²) in [5.41, 5.74) is 3.16. The zero-order valence-corrected chi connectivity index (χ0v) is 24.0. The normalized spacial score (nSPS) is 14.5. The minimum absolute atomic E-state index is 0.236. The van der Waals surface area contributed by atoms with Crippen LogP contribution in [0, 0.1) is 13.8 Å². The number of anilines is 2. The Kier molecular flexibility index (Phi) is 8.35. The molecule has 2 N–H and O–H groups in total. The largest absolute Gasteiger partial charge is 0.481 e. The van der Waals surface area contributed by atoms with Crippen molar-refractivity contribution in [2.45, 2.75) is 13.8 Å². The summed E-state index contributed by atoms with van der Waals surface area (Å²) in [5.74, 6) is -1.57. The van der Waals surface area contributed by atoms with Crippen molar-refractivity contribution in [3.63, 3.8) is 0 Å². The van der Waals surface area contributed by atoms with Gasteiger partial charge in [-0.3, -0.25) is 19.7 Å². The van der Waals surface area contributed by atoms with E-state index in [1.54, 1.807) is 12.1 Å². The Bertz CT molecular complexity index is 1480. The maximum atomic E-state index is 13.1. The van der Waals surface area contributed by atoms with Gasteiger partial charge in [-0.05, 0) is 111 Å². The summed E-state index contributed by atoms with van der Waals surface area (Å²) in [6, 6.07) is 14.2. The quantitative estimate of drug-likeness (QED) is 0.243. The first-order valence-electron chi connectivity index (χ1n) is 11.2. The average molecular weight is 662 g/mol. The summed E-state index contributed by atoms with van der Waals surface area (Å²) in [6.07, 6.45) is 1.36. The fourth-order valence-electron chi connectivity index (χ4n) is 3.64. The molecule has 11 heteroatoms. The molecule has 194 valence electrons. The van der Waals surface area contributed by atoms with Crippen molar-refractivity contribution in [1.29, 1.82) is 0 Å². The number of carbonyl (C=O) groups is 4. The molecule has 0 radical (unpaired) electrons. The Labute approximate surface area is 240 Å². The molecule has 4 rings (SSSR count). The molecule has 1 fully saturated rings. The Morgan fingerprint density at radius 2 is 1.68 bits per heavy atom. The standard InChI is InChI=1S/C27H20Br2ClN3O5/c1-14-3-4-15(2)22(9-14)31-23(34)13-38-24-20(28)11-16(12-21(24)29)10-19-25(35)32-27(37)33(26(19)36)18-7-5-17(30)6-8-18/h3-12H,13H2,1-2H3,(H,31,34)(H,32,35,37)/b19-10-. The molecule has 3 aromatic rings. The lowest BCUT2D eigenvalue weighted by Gasteiger charge is -2.26. The lowest BCUT2D eigenvalue weighted by atomic mass is 10.1. The lowest BCUT2D eigenvalue weighted by Crippen LogP contribution is -2.54. The number of carbonyl (C=O) groups excluding carboxylic acids is 4. The van der Waals surface area contributed by atoms with Crippen LogP contribution in [0.1, 0.15) is 16.7 Å². The van der Waals surface area contributed by atoms with Gasteiger partial charge < -0.3 is 10.1 Å². The van der Waals surface area contributed by atoms with Crippen LogP contribution >= 0.6 is 43.5 Å². The highest BCUT2D eigenvalue weighted by Crippen LogP contribution is 2.36. The van der Waals surface area contributed by atoms with E-state index in [9.17, 15) is 19.2 Å². The van der Waals surface area contributed by atoms with E-state index < -0.39 is 17.8 Å². The number of barbiturate groups is 1. The Morgan fingerprint density at radius 3 is 2.34 bits per heavy atom. The van der Waals surface area contributed by atoms with Crippen LogP contribution in [0.15, 0.2) is 69.1 Å². The van der Waals surface area contributed by atoms with Crippen LogP contribution in [0.25, 0.3) is 6.08 Å². The molecule has 3 aromatic carbocycles. The lowest BCUT2D eigenvalue weighted by molar-refractivity contribution is -0.122. The van der Waals surface area contributed by atoms with Crippen molar-refractivity contribution < 1.29 is 23.9 Å². The van der Waals surface area contributed by atoms with Gasteiger partial charge in [-0.2, -0.15) is 0 Å². The Hall–Kier alpha value is -3.47. The van der Waals surface area contributed by atoms with E-state index >= 15 is 0 Å². The van der Waals surface area contributed by atoms with Gasteiger partial charge in [-0.25, -0.2) is 9.69 Å². The van der Waals surface area contributed by atoms with Gasteiger partial charge >= 0.3 is 6.03 Å². The van der Waals surface area contributed by atoms with Crippen molar-refractivity contribution in [1.82, 2.24) is 5.32 Å². The van der Waals surface area contributed by atoms with E-state index in [4.69, 9.17) is 16.3 Å². The summed E-state index contributed by atoms with van der Waals surface area (Å²) in [7, 11) is 0. The highest BCUT2D eigenvalue weighted by molar-refractivity contribution is 9.11. The Morgan fingerprint density at radius 1 is 1.03 bits per heavy atom. The van der Waals surface area contributed by atoms with Gasteiger partial charge in [0.1, 0.15) is 11.3 Å². The number of rotatable bonds is 6. The third-order valence-corrected chi connectivity index (χ3v) is 6.96. The van der Waals surface area contributed by atoms with Crippen molar-refractivity contribution in [3.05, 3.63) is 90.8 Å². The molecule has 38 heavy (non-hydrogen) atoms. The minimum atomic E-state index is -0.857. The van der Waals surface area contributed by atoms with Gasteiger partial charge in [0.2, 0.25) is 0 Å². The summed E-state index contributed by atoms with van der Waals surface area (Å²) >= 11 is 12.7. The topological polar surface area (TPSA) is 105 Å². The number of hydrogen-bond donors (Lipinski definition) is 2. The van der Waals surface area contributed by atoms with Crippen LogP contribution in [0.3, 0.4) is 0 Å². The number of halogens is 3. The summed E-state index contributed by atoms with van der Waals surface area (Å²) in [6.45, 7) is 3.59. The number of ether oxygens (including phenoxy) is 1. The van der Waals surface area contributed by atoms with Gasteiger partial charge in [0, 0.05) is 10.7 Å². The fraction of sp³-hybridized carbons (Fsp3) is 0.111. The molecule has 0 aromatic heterocycles. The predicted octanol–water partition coefficient (Wildman–Crippen LogP) is 6.17. The molecule has 0 bridgehead atoms. The molecule has 1 saturated heterocycles. The average Bonchev–Trinajstić information content (AvgIpc) is 2.84. The maximum Gasteiger partial charge on any atom is 0.335 e. The third-order valence-electron chi connectivity index (χ3n) is 5.53. The Balaban J connectivity index is 1.52. The number of benzene rings is 3. The zero-order chi connectivity index (χ0) is 27.6. The molecule has 0 atom stereocenters. The molecule has 0 unspecified atom stereocenters. The van der Waals surface area contributed by atoms with Crippen LogP contribution in [-0.4, -0.2) is 30.4 Å². The molecule has 8 nitrogen and oxygen atoms in total. The fourth-order valence-corrected chi connectivity index (χ4v) is 5.22. The van der Waals surface area contributed by atoms with E-state index in [0.29, 0.717) is 31.0 Å². The SMILES string of the molecule is Cc1ccc(C)c(NC(=O)COc2c(Br)cc(/C=C3/C(=O)NC(=O)N(c4ccc(Cl)cc4)C3=O)cc2Br)c1. The van der Waals surface area contributed by atoms with E-state index in [-0.39, 0.29) is 23.8 Å². The van der Waals surface area contributed by atoms with Crippen LogP contribution in [-0.2, 0) is 14.4 Å². The van der Waals surface area contributed by atoms with Gasteiger partial charge in [-0.1, -0.05) is 23.7 Å². The van der Waals surface area contributed by atoms with Crippen LogP contribution in [0.5, 0.6) is 5.75 Å². The van der Waals surface area contributed by atoms with Crippen LogP contribution < -0.4 is 20.3 Å². The van der Waals surface area contributed by atoms with Gasteiger partial charge in [0.25, 0.3) is 17.7 Å². The number of nitrogens with zero attached hydrogens (tertiary/aromatic N) is 1. The molecule has 0 aliphatic carbocycles. The highest BCUT2D eigenvalue weighted by atomic mass is 79.9. The zero-order valence-electron chi connectivity index (χ0n) is 20.1. The van der Waals surface area contributed by atoms with Gasteiger partial charge in [-0.15, -0.1) is 0 Å². The molecule has 1 heterocycles. The first kappa shape index (κ1) is 27.6. The van der Waals surface area contributed by atoms with Crippen molar-refractivity contribution in [3.8, 4) is 5.75 Å². The summed E-state index contributed by atoms with van der Waals surface area (Å²) in [5, 5.41) is 5.45. The molecule has 0 spiro atoms. The summed E-state index contributed by atoms with van der Waals surface area (Å²) in [4.78, 5) is 51.3. The summed E-state index contributed by atoms with van der Waals surface area (Å²) < 4.78 is 6.68. The minimum Gasteiger partial charge on any atom is -0.481 e. The number of aryl methyl sites for hydroxylation is 2. The van der Waals surface area contributed by atoms with E-state index in [2.05, 4.69) is 42.5 Å². The number of hydrogen-bond acceptors (Lipinski definition) is 5. The molecule has 1 aliphatic rings. The first-order valence-corrected chi connectivity index (χ1v) is 13.2. The van der Waals surface area contributed by atoms with E-state index in [0.717, 1.165) is 16.0 Å².